The van der Waals surface area contributed by atoms with E-state index < -0.39 is 12.1 Å². The predicted molar refractivity (Wildman–Crippen MR) is 97.9 cm³/mol. The number of nitrogens with zero attached hydrogens (tertiary/aromatic N) is 3. The molecule has 2 heterocycles. The number of rotatable bonds is 5. The molecule has 0 saturated carbocycles. The van der Waals surface area contributed by atoms with Gasteiger partial charge in [0.05, 0.1) is 18.0 Å². The van der Waals surface area contributed by atoms with Gasteiger partial charge < -0.3 is 10.4 Å². The van der Waals surface area contributed by atoms with E-state index in [-0.39, 0.29) is 5.91 Å². The van der Waals surface area contributed by atoms with Crippen LogP contribution in [0.1, 0.15) is 22.3 Å². The van der Waals surface area contributed by atoms with Crippen molar-refractivity contribution in [2.45, 2.75) is 19.1 Å². The van der Waals surface area contributed by atoms with Gasteiger partial charge in [-0.05, 0) is 30.5 Å². The Labute approximate surface area is 165 Å². The van der Waals surface area contributed by atoms with Gasteiger partial charge in [-0.1, -0.05) is 30.3 Å². The number of hydrogen-bond donors (Lipinski definition) is 2. The SMILES string of the molecule is O=C(NCC1CCN(Cc2ccccc2)C1)c1ccnnc1.O=C(O)C(F)(F)F. The van der Waals surface area contributed by atoms with E-state index in [2.05, 4.69) is 44.7 Å². The summed E-state index contributed by atoms with van der Waals surface area (Å²) in [5.41, 5.74) is 1.91. The van der Waals surface area contributed by atoms with E-state index in [4.69, 9.17) is 9.90 Å². The van der Waals surface area contributed by atoms with Crippen molar-refractivity contribution in [3.05, 3.63) is 59.9 Å². The first kappa shape index (κ1) is 22.3. The number of nitrogens with one attached hydrogen (secondary N) is 1. The van der Waals surface area contributed by atoms with E-state index in [0.717, 1.165) is 26.1 Å². The lowest BCUT2D eigenvalue weighted by Crippen LogP contribution is -2.31. The van der Waals surface area contributed by atoms with Gasteiger partial charge in [0, 0.05) is 19.6 Å². The Morgan fingerprint density at radius 2 is 1.86 bits per heavy atom. The summed E-state index contributed by atoms with van der Waals surface area (Å²) in [5, 5.41) is 17.5. The number of carbonyl (C=O) groups excluding carboxylic acids is 1. The van der Waals surface area contributed by atoms with Crippen LogP contribution >= 0.6 is 0 Å². The van der Waals surface area contributed by atoms with E-state index in [0.29, 0.717) is 18.0 Å². The fourth-order valence-corrected chi connectivity index (χ4v) is 2.83. The second-order valence-corrected chi connectivity index (χ2v) is 6.52. The summed E-state index contributed by atoms with van der Waals surface area (Å²) in [6, 6.07) is 12.2. The van der Waals surface area contributed by atoms with E-state index >= 15 is 0 Å². The first-order chi connectivity index (χ1) is 13.8. The molecule has 2 aromatic rings. The van der Waals surface area contributed by atoms with E-state index in [9.17, 15) is 18.0 Å². The fourth-order valence-electron chi connectivity index (χ4n) is 2.83. The lowest BCUT2D eigenvalue weighted by molar-refractivity contribution is -0.192. The summed E-state index contributed by atoms with van der Waals surface area (Å²) in [6.07, 6.45) is -0.931. The third-order valence-electron chi connectivity index (χ3n) is 4.26. The summed E-state index contributed by atoms with van der Waals surface area (Å²) < 4.78 is 31.7. The Morgan fingerprint density at radius 1 is 1.17 bits per heavy atom. The number of aromatic nitrogens is 2. The van der Waals surface area contributed by atoms with Crippen molar-refractivity contribution < 1.29 is 27.9 Å². The molecule has 7 nitrogen and oxygen atoms in total. The monoisotopic (exact) mass is 410 g/mol. The molecule has 1 atom stereocenters. The van der Waals surface area contributed by atoms with Crippen LogP contribution in [0, 0.1) is 5.92 Å². The van der Waals surface area contributed by atoms with Gasteiger partial charge in [0.15, 0.2) is 0 Å². The van der Waals surface area contributed by atoms with Crippen molar-refractivity contribution in [1.82, 2.24) is 20.4 Å². The minimum atomic E-state index is -5.08. The fraction of sp³-hybridized carbons (Fsp3) is 0.368. The topological polar surface area (TPSA) is 95.4 Å². The van der Waals surface area contributed by atoms with E-state index in [1.54, 1.807) is 6.07 Å². The Balaban J connectivity index is 0.000000370. The van der Waals surface area contributed by atoms with Crippen molar-refractivity contribution >= 4 is 11.9 Å². The van der Waals surface area contributed by atoms with Crippen LogP contribution in [-0.2, 0) is 11.3 Å². The molecule has 10 heteroatoms. The normalized spacial score (nSPS) is 16.6. The molecule has 0 spiro atoms. The second-order valence-electron chi connectivity index (χ2n) is 6.52. The highest BCUT2D eigenvalue weighted by atomic mass is 19.4. The van der Waals surface area contributed by atoms with Gasteiger partial charge in [0.25, 0.3) is 5.91 Å². The van der Waals surface area contributed by atoms with Crippen LogP contribution in [0.3, 0.4) is 0 Å². The largest absolute Gasteiger partial charge is 0.490 e. The molecule has 1 aromatic heterocycles. The lowest BCUT2D eigenvalue weighted by Gasteiger charge is -2.16. The maximum Gasteiger partial charge on any atom is 0.490 e. The van der Waals surface area contributed by atoms with Crippen molar-refractivity contribution in [1.29, 1.82) is 0 Å². The number of benzene rings is 1. The van der Waals surface area contributed by atoms with Gasteiger partial charge in [-0.15, -0.1) is 0 Å². The quantitative estimate of drug-likeness (QED) is 0.786. The van der Waals surface area contributed by atoms with Gasteiger partial charge in [-0.3, -0.25) is 9.69 Å². The number of carboxylic acids is 1. The van der Waals surface area contributed by atoms with Crippen LogP contribution in [0.25, 0.3) is 0 Å². The number of aliphatic carboxylic acids is 1. The van der Waals surface area contributed by atoms with Gasteiger partial charge in [-0.25, -0.2) is 4.79 Å². The number of halogens is 3. The minimum Gasteiger partial charge on any atom is -0.475 e. The summed E-state index contributed by atoms with van der Waals surface area (Å²) >= 11 is 0. The van der Waals surface area contributed by atoms with E-state index in [1.165, 1.54) is 18.0 Å². The number of likely N-dealkylation sites (tertiary alicyclic amines) is 1. The highest BCUT2D eigenvalue weighted by Gasteiger charge is 2.38. The van der Waals surface area contributed by atoms with Gasteiger partial charge >= 0.3 is 12.1 Å². The second kappa shape index (κ2) is 10.5. The molecule has 1 saturated heterocycles. The molecule has 0 bridgehead atoms. The zero-order valence-corrected chi connectivity index (χ0v) is 15.5. The summed E-state index contributed by atoms with van der Waals surface area (Å²) in [7, 11) is 0. The van der Waals surface area contributed by atoms with Gasteiger partial charge in [-0.2, -0.15) is 23.4 Å². The molecule has 29 heavy (non-hydrogen) atoms. The highest BCUT2D eigenvalue weighted by Crippen LogP contribution is 2.18. The molecular formula is C19H21F3N4O3. The van der Waals surface area contributed by atoms with Crippen LogP contribution in [0.15, 0.2) is 48.8 Å². The molecule has 1 fully saturated rings. The number of alkyl halides is 3. The number of carbonyl (C=O) groups is 2. The van der Waals surface area contributed by atoms with E-state index in [1.807, 2.05) is 6.07 Å². The van der Waals surface area contributed by atoms with Crippen LogP contribution in [0.2, 0.25) is 0 Å². The first-order valence-corrected chi connectivity index (χ1v) is 8.87. The molecule has 1 aliphatic heterocycles. The Morgan fingerprint density at radius 3 is 2.45 bits per heavy atom. The number of amides is 1. The van der Waals surface area contributed by atoms with Crippen LogP contribution in [-0.4, -0.2) is 57.9 Å². The average Bonchev–Trinajstić information content (AvgIpc) is 3.14. The maximum atomic E-state index is 12.0. The summed E-state index contributed by atoms with van der Waals surface area (Å²) in [4.78, 5) is 23.3. The van der Waals surface area contributed by atoms with Crippen LogP contribution < -0.4 is 5.32 Å². The molecule has 0 aliphatic carbocycles. The Kier molecular flexibility index (Phi) is 8.08. The molecule has 1 aromatic carbocycles. The molecule has 156 valence electrons. The van der Waals surface area contributed by atoms with Crippen molar-refractivity contribution in [3.8, 4) is 0 Å². The Hall–Kier alpha value is -3.01. The van der Waals surface area contributed by atoms with Crippen molar-refractivity contribution in [2.24, 2.45) is 5.92 Å². The maximum absolute atomic E-state index is 12.0. The third-order valence-corrected chi connectivity index (χ3v) is 4.26. The minimum absolute atomic E-state index is 0.0728. The predicted octanol–water partition coefficient (Wildman–Crippen LogP) is 2.36. The zero-order chi connectivity index (χ0) is 21.3. The standard InChI is InChI=1S/C17H20N4O.C2HF3O2/c22-17(16-6-8-19-20-11-16)18-10-15-7-9-21(13-15)12-14-4-2-1-3-5-14;3-2(4,5)1(6)7/h1-6,8,11,15H,7,9-10,12-13H2,(H,18,22);(H,6,7). The zero-order valence-electron chi connectivity index (χ0n) is 15.5. The molecule has 1 amide bonds. The van der Waals surface area contributed by atoms with Crippen LogP contribution in [0.4, 0.5) is 13.2 Å². The Bertz CT molecular complexity index is 788. The first-order valence-electron chi connectivity index (χ1n) is 8.87. The van der Waals surface area contributed by atoms with Crippen LogP contribution in [0.5, 0.6) is 0 Å². The number of carboxylic acid groups (broad SMARTS) is 1. The average molecular weight is 410 g/mol. The molecule has 3 rings (SSSR count). The van der Waals surface area contributed by atoms with Gasteiger partial charge in [0.1, 0.15) is 0 Å². The smallest absolute Gasteiger partial charge is 0.475 e. The molecule has 2 N–H and O–H groups in total. The summed E-state index contributed by atoms with van der Waals surface area (Å²) in [5.74, 6) is -2.31. The third kappa shape index (κ3) is 7.86. The molecule has 0 radical (unpaired) electrons. The highest BCUT2D eigenvalue weighted by molar-refractivity contribution is 5.93. The molecular weight excluding hydrogens is 389 g/mol. The summed E-state index contributed by atoms with van der Waals surface area (Å²) in [6.45, 7) is 3.82. The van der Waals surface area contributed by atoms with Gasteiger partial charge in [0.2, 0.25) is 0 Å². The molecule has 1 unspecified atom stereocenters. The lowest BCUT2D eigenvalue weighted by atomic mass is 10.1. The molecule has 1 aliphatic rings. The number of hydrogen-bond acceptors (Lipinski definition) is 5. The van der Waals surface area contributed by atoms with Crippen molar-refractivity contribution in [2.75, 3.05) is 19.6 Å². The van der Waals surface area contributed by atoms with Crippen molar-refractivity contribution in [3.63, 3.8) is 0 Å².